The van der Waals surface area contributed by atoms with Crippen LogP contribution in [-0.4, -0.2) is 71.6 Å². The van der Waals surface area contributed by atoms with Gasteiger partial charge in [-0.1, -0.05) is 110 Å². The number of rotatable bonds is 10. The zero-order valence-corrected chi connectivity index (χ0v) is 34.7. The highest BCUT2D eigenvalue weighted by Crippen LogP contribution is 2.55. The van der Waals surface area contributed by atoms with Crippen molar-refractivity contribution < 1.29 is 34.3 Å². The molecule has 0 spiro atoms. The van der Waals surface area contributed by atoms with Crippen molar-refractivity contribution in [2.45, 2.75) is 81.5 Å². The van der Waals surface area contributed by atoms with Crippen molar-refractivity contribution in [3.8, 4) is 51.7 Å². The second-order valence-electron chi connectivity index (χ2n) is 17.0. The summed E-state index contributed by atoms with van der Waals surface area (Å²) in [5.41, 5.74) is 6.85. The fourth-order valence-electron chi connectivity index (χ4n) is 9.45. The monoisotopic (exact) mass is 819 g/mol. The van der Waals surface area contributed by atoms with Crippen molar-refractivity contribution in [3.05, 3.63) is 125 Å². The third-order valence-electron chi connectivity index (χ3n) is 12.8. The summed E-state index contributed by atoms with van der Waals surface area (Å²) < 4.78 is 19.0. The molecule has 4 unspecified atom stereocenters. The molecule has 1 saturated heterocycles. The molecule has 3 aliphatic heterocycles. The molecule has 5 aromatic rings. The van der Waals surface area contributed by atoms with Crippen LogP contribution in [0.2, 0.25) is 0 Å². The van der Waals surface area contributed by atoms with Crippen LogP contribution in [0.15, 0.2) is 91.0 Å². The zero-order chi connectivity index (χ0) is 42.1. The summed E-state index contributed by atoms with van der Waals surface area (Å²) in [7, 11) is 1.44. The van der Waals surface area contributed by atoms with Crippen molar-refractivity contribution in [1.29, 1.82) is 0 Å². The first-order valence-electron chi connectivity index (χ1n) is 21.5. The number of phenols is 2. The Kier molecular flexibility index (Phi) is 11.3. The van der Waals surface area contributed by atoms with E-state index in [1.165, 1.54) is 31.2 Å². The second kappa shape index (κ2) is 17.1. The smallest absolute Gasteiger partial charge is 0.204 e. The molecule has 9 rings (SSSR count). The van der Waals surface area contributed by atoms with Crippen molar-refractivity contribution >= 4 is 17.7 Å². The van der Waals surface area contributed by atoms with Crippen LogP contribution >= 0.6 is 0 Å². The van der Waals surface area contributed by atoms with Gasteiger partial charge in [0.05, 0.1) is 43.8 Å². The molecular weight excluding hydrogens is 767 g/mol. The van der Waals surface area contributed by atoms with E-state index in [2.05, 4.69) is 64.3 Å². The van der Waals surface area contributed by atoms with E-state index in [0.29, 0.717) is 24.1 Å². The Labute approximate surface area is 357 Å². The van der Waals surface area contributed by atoms with Crippen LogP contribution in [0.4, 0.5) is 5.82 Å². The molecule has 4 heterocycles. The molecule has 2 fully saturated rings. The van der Waals surface area contributed by atoms with E-state index < -0.39 is 18.1 Å². The standard InChI is InChI=1S/C51H53N3O7/c1-51(22-6-7-23-51)43-29-40-35-12-8-11-33(27-35)28-36(14-17-37-31-54(25-24-52-37)50(40)53-43)44-46(58)49(59-2)48(60-26-21-39(56)18-13-32-9-4-3-5-10-32)45-41(57)30-42(61-47(44)45)34-15-19-38(55)20-16-34/h3-5,8-13,15-16,18-20,27,29,36-37,39,42,52-53,55-56,58H,6-7,21-26,28,30-31H2,1-2H3. The molecule has 1 saturated carbocycles. The predicted octanol–water partition coefficient (Wildman–Crippen LogP) is 8.60. The fourth-order valence-corrected chi connectivity index (χ4v) is 9.45. The molecule has 4 bridgehead atoms. The fraction of sp³-hybridized carbons (Fsp3) is 0.353. The van der Waals surface area contributed by atoms with Gasteiger partial charge in [0.25, 0.3) is 0 Å². The highest BCUT2D eigenvalue weighted by molar-refractivity contribution is 6.05. The number of aliphatic hydroxyl groups is 1. The van der Waals surface area contributed by atoms with Gasteiger partial charge in [0.2, 0.25) is 5.75 Å². The maximum absolute atomic E-state index is 14.5. The molecule has 314 valence electrons. The molecule has 0 amide bonds. The average Bonchev–Trinajstić information content (AvgIpc) is 3.93. The van der Waals surface area contributed by atoms with Crippen LogP contribution in [0.5, 0.6) is 28.7 Å². The number of H-pyrrole nitrogens is 1. The lowest BCUT2D eigenvalue weighted by Gasteiger charge is -2.34. The van der Waals surface area contributed by atoms with Crippen LogP contribution in [-0.2, 0) is 11.8 Å². The number of phenolic OH excluding ortho intramolecular Hbond substituents is 2. The molecule has 0 radical (unpaired) electrons. The Morgan fingerprint density at radius 2 is 1.79 bits per heavy atom. The minimum Gasteiger partial charge on any atom is -0.508 e. The summed E-state index contributed by atoms with van der Waals surface area (Å²) in [5.74, 6) is 7.49. The summed E-state index contributed by atoms with van der Waals surface area (Å²) in [6.07, 6.45) is 7.43. The van der Waals surface area contributed by atoms with Gasteiger partial charge in [0.15, 0.2) is 17.3 Å². The maximum Gasteiger partial charge on any atom is 0.204 e. The molecule has 10 heteroatoms. The molecule has 4 aliphatic rings. The minimum absolute atomic E-state index is 0.00973. The predicted molar refractivity (Wildman–Crippen MR) is 237 cm³/mol. The number of methoxy groups -OCH3 is 1. The molecule has 5 N–H and O–H groups in total. The number of hydrogen-bond acceptors (Lipinski definition) is 9. The molecule has 4 aromatic carbocycles. The number of aliphatic hydroxyl groups excluding tert-OH is 1. The zero-order valence-electron chi connectivity index (χ0n) is 34.7. The molecule has 10 nitrogen and oxygen atoms in total. The van der Waals surface area contributed by atoms with E-state index in [4.69, 9.17) is 14.2 Å². The van der Waals surface area contributed by atoms with E-state index in [9.17, 15) is 20.1 Å². The third kappa shape index (κ3) is 8.20. The van der Waals surface area contributed by atoms with Crippen LogP contribution in [0, 0.1) is 11.8 Å². The van der Waals surface area contributed by atoms with Crippen molar-refractivity contribution in [2.75, 3.05) is 38.3 Å². The van der Waals surface area contributed by atoms with Gasteiger partial charge in [0, 0.05) is 42.7 Å². The lowest BCUT2D eigenvalue weighted by Crippen LogP contribution is -2.50. The second-order valence-corrected chi connectivity index (χ2v) is 17.0. The average molecular weight is 820 g/mol. The van der Waals surface area contributed by atoms with Crippen LogP contribution in [0.3, 0.4) is 0 Å². The van der Waals surface area contributed by atoms with Gasteiger partial charge < -0.3 is 44.7 Å². The van der Waals surface area contributed by atoms with Crippen LogP contribution in [0.25, 0.3) is 17.2 Å². The number of anilines is 1. The Hall–Kier alpha value is -6.15. The Morgan fingerprint density at radius 1 is 0.984 bits per heavy atom. The highest BCUT2D eigenvalue weighted by Gasteiger charge is 2.40. The summed E-state index contributed by atoms with van der Waals surface area (Å²) in [5, 5.41) is 36.9. The number of benzene rings is 4. The Bertz CT molecular complexity index is 2490. The molecular formula is C51H53N3O7. The number of hydrogen-bond donors (Lipinski definition) is 5. The number of piperazine rings is 1. The highest BCUT2D eigenvalue weighted by atomic mass is 16.5. The minimum atomic E-state index is -0.827. The van der Waals surface area contributed by atoms with Gasteiger partial charge in [-0.05, 0) is 59.7 Å². The van der Waals surface area contributed by atoms with Crippen molar-refractivity contribution in [1.82, 2.24) is 10.3 Å². The van der Waals surface area contributed by atoms with Crippen LogP contribution < -0.4 is 24.4 Å². The van der Waals surface area contributed by atoms with Gasteiger partial charge in [0.1, 0.15) is 29.0 Å². The number of nitrogens with one attached hydrogen (secondary N) is 2. The largest absolute Gasteiger partial charge is 0.508 e. The SMILES string of the molecule is COc1c(O)c(C2C#CC3CN(CCN3)c3[nH]c(C4(C)CCCC4)cc3-c3cccc(c3)C2)c2c(c1OCCC(O)C=Cc1ccccc1)C(=O)CC(c1ccc(O)cc1)O2. The summed E-state index contributed by atoms with van der Waals surface area (Å²) in [6, 6.07) is 27.0. The van der Waals surface area contributed by atoms with E-state index in [1.807, 2.05) is 36.4 Å². The maximum atomic E-state index is 14.5. The van der Waals surface area contributed by atoms with Gasteiger partial charge in [-0.25, -0.2) is 0 Å². The molecule has 1 aliphatic carbocycles. The van der Waals surface area contributed by atoms with Gasteiger partial charge in [-0.3, -0.25) is 4.79 Å². The molecule has 4 atom stereocenters. The molecule has 61 heavy (non-hydrogen) atoms. The number of carbonyl (C=O) groups is 1. The summed E-state index contributed by atoms with van der Waals surface area (Å²) in [6.45, 7) is 4.64. The first-order valence-corrected chi connectivity index (χ1v) is 21.5. The van der Waals surface area contributed by atoms with E-state index in [-0.39, 0.29) is 71.0 Å². The quantitative estimate of drug-likeness (QED) is 0.0878. The Balaban J connectivity index is 1.13. The summed E-state index contributed by atoms with van der Waals surface area (Å²) in [4.78, 5) is 20.8. The number of aromatic nitrogens is 1. The third-order valence-corrected chi connectivity index (χ3v) is 12.8. The normalized spacial score (nSPS) is 20.9. The van der Waals surface area contributed by atoms with E-state index in [1.54, 1.807) is 30.3 Å². The first-order chi connectivity index (χ1) is 29.7. The number of aromatic amines is 1. The van der Waals surface area contributed by atoms with E-state index in [0.717, 1.165) is 48.4 Å². The van der Waals surface area contributed by atoms with Gasteiger partial charge in [-0.15, -0.1) is 0 Å². The molecule has 1 aromatic heterocycles. The topological polar surface area (TPSA) is 137 Å². The number of fused-ring (bicyclic) bond motifs is 8. The lowest BCUT2D eigenvalue weighted by molar-refractivity contribution is 0.0836. The van der Waals surface area contributed by atoms with E-state index >= 15 is 0 Å². The number of carbonyl (C=O) groups excluding carboxylic acids is 1. The van der Waals surface area contributed by atoms with Crippen LogP contribution in [0.1, 0.15) is 95.8 Å². The van der Waals surface area contributed by atoms with Gasteiger partial charge in [-0.2, -0.15) is 0 Å². The number of ether oxygens (including phenoxy) is 3. The number of nitrogens with zero attached hydrogens (tertiary/aromatic N) is 1. The first kappa shape index (κ1) is 40.3. The lowest BCUT2D eigenvalue weighted by atomic mass is 9.84. The van der Waals surface area contributed by atoms with Crippen molar-refractivity contribution in [2.24, 2.45) is 0 Å². The number of ketones is 1. The van der Waals surface area contributed by atoms with Gasteiger partial charge >= 0.3 is 0 Å². The summed E-state index contributed by atoms with van der Waals surface area (Å²) >= 11 is 0. The van der Waals surface area contributed by atoms with Crippen molar-refractivity contribution in [3.63, 3.8) is 0 Å². The number of aromatic hydroxyl groups is 2. The number of Topliss-reactive ketones (excluding diaryl/α,β-unsaturated/α-hetero) is 1. The Morgan fingerprint density at radius 3 is 2.57 bits per heavy atom.